The lowest BCUT2D eigenvalue weighted by Gasteiger charge is -2.30. The van der Waals surface area contributed by atoms with E-state index in [2.05, 4.69) is 15.9 Å². The number of anilines is 1. The van der Waals surface area contributed by atoms with Crippen LogP contribution >= 0.6 is 15.9 Å². The average molecular weight is 284 g/mol. The first kappa shape index (κ1) is 11.6. The molecule has 0 saturated carbocycles. The highest BCUT2D eigenvalue weighted by Gasteiger charge is 2.25. The summed E-state index contributed by atoms with van der Waals surface area (Å²) < 4.78 is 0. The van der Waals surface area contributed by atoms with Gasteiger partial charge in [-0.3, -0.25) is 4.79 Å². The van der Waals surface area contributed by atoms with Gasteiger partial charge in [0.2, 0.25) is 5.91 Å². The molecule has 4 heteroatoms. The molecule has 1 aliphatic heterocycles. The largest absolute Gasteiger partial charge is 0.390 e. The summed E-state index contributed by atoms with van der Waals surface area (Å²) in [6.07, 6.45) is 0.817. The van der Waals surface area contributed by atoms with Crippen LogP contribution in [0.2, 0.25) is 0 Å². The Kier molecular flexibility index (Phi) is 3.61. The van der Waals surface area contributed by atoms with Crippen LogP contribution in [0.3, 0.4) is 0 Å². The number of amides is 1. The maximum atomic E-state index is 11.8. The summed E-state index contributed by atoms with van der Waals surface area (Å²) in [6, 6.07) is 7.88. The number of halogens is 1. The number of hydrogen-bond acceptors (Lipinski definition) is 2. The zero-order valence-electron chi connectivity index (χ0n) is 8.90. The minimum absolute atomic E-state index is 0.0960. The van der Waals surface area contributed by atoms with Crippen molar-refractivity contribution in [1.29, 1.82) is 0 Å². The van der Waals surface area contributed by atoms with Gasteiger partial charge in [-0.05, 0) is 18.1 Å². The molecule has 0 aromatic heterocycles. The number of carbonyl (C=O) groups excluding carboxylic acids is 1. The molecule has 1 amide bonds. The number of para-hydroxylation sites is 1. The quantitative estimate of drug-likeness (QED) is 0.859. The summed E-state index contributed by atoms with van der Waals surface area (Å²) in [4.78, 5) is 13.5. The number of carbonyl (C=O) groups is 1. The molecule has 1 aliphatic rings. The number of aryl methyl sites for hydroxylation is 1. The van der Waals surface area contributed by atoms with Gasteiger partial charge < -0.3 is 10.0 Å². The summed E-state index contributed by atoms with van der Waals surface area (Å²) in [5.74, 6) is 0.0960. The molecule has 0 fully saturated rings. The van der Waals surface area contributed by atoms with Crippen molar-refractivity contribution in [3.63, 3.8) is 0 Å². The molecule has 0 aliphatic carbocycles. The van der Waals surface area contributed by atoms with Crippen molar-refractivity contribution < 1.29 is 9.90 Å². The Morgan fingerprint density at radius 3 is 2.88 bits per heavy atom. The third-order valence-electron chi connectivity index (χ3n) is 2.76. The fraction of sp³-hybridized carbons (Fsp3) is 0.417. The number of nitrogens with zero attached hydrogens (tertiary/aromatic N) is 1. The number of fused-ring (bicyclic) bond motifs is 1. The number of aliphatic hydroxyl groups is 1. The van der Waals surface area contributed by atoms with Crippen LogP contribution in [0.25, 0.3) is 0 Å². The Bertz CT molecular complexity index is 394. The van der Waals surface area contributed by atoms with Gasteiger partial charge in [0.25, 0.3) is 0 Å². The monoisotopic (exact) mass is 283 g/mol. The van der Waals surface area contributed by atoms with E-state index in [-0.39, 0.29) is 5.91 Å². The van der Waals surface area contributed by atoms with Crippen molar-refractivity contribution >= 4 is 27.5 Å². The van der Waals surface area contributed by atoms with Crippen molar-refractivity contribution in [3.05, 3.63) is 29.8 Å². The normalized spacial score (nSPS) is 17.1. The summed E-state index contributed by atoms with van der Waals surface area (Å²) in [5, 5.41) is 10.1. The Morgan fingerprint density at radius 1 is 1.38 bits per heavy atom. The number of hydrogen-bond donors (Lipinski definition) is 1. The SMILES string of the molecule is O=C1CCc2ccccc2N1CC(O)CBr. The molecule has 0 spiro atoms. The molecule has 3 nitrogen and oxygen atoms in total. The molecule has 86 valence electrons. The molecule has 1 N–H and O–H groups in total. The third kappa shape index (κ3) is 2.28. The second-order valence-electron chi connectivity index (χ2n) is 3.94. The summed E-state index contributed by atoms with van der Waals surface area (Å²) in [6.45, 7) is 0.362. The first-order chi connectivity index (χ1) is 7.72. The van der Waals surface area contributed by atoms with E-state index < -0.39 is 6.10 Å². The van der Waals surface area contributed by atoms with Crippen LogP contribution in [0.15, 0.2) is 24.3 Å². The predicted octanol–water partition coefficient (Wildman–Crippen LogP) is 1.72. The predicted molar refractivity (Wildman–Crippen MR) is 66.9 cm³/mol. The average Bonchev–Trinajstić information content (AvgIpc) is 2.32. The van der Waals surface area contributed by atoms with E-state index in [0.717, 1.165) is 12.1 Å². The van der Waals surface area contributed by atoms with Crippen LogP contribution in [0.4, 0.5) is 5.69 Å². The topological polar surface area (TPSA) is 40.5 Å². The number of alkyl halides is 1. The molecule has 1 aromatic carbocycles. The molecular formula is C12H14BrNO2. The van der Waals surface area contributed by atoms with Crippen molar-refractivity contribution in [3.8, 4) is 0 Å². The van der Waals surface area contributed by atoms with E-state index in [9.17, 15) is 9.90 Å². The van der Waals surface area contributed by atoms with Crippen molar-refractivity contribution in [2.75, 3.05) is 16.8 Å². The number of benzene rings is 1. The standard InChI is InChI=1S/C12H14BrNO2/c13-7-10(15)8-14-11-4-2-1-3-9(11)5-6-12(14)16/h1-4,10,15H,5-8H2. The Morgan fingerprint density at radius 2 is 2.12 bits per heavy atom. The zero-order valence-corrected chi connectivity index (χ0v) is 10.5. The van der Waals surface area contributed by atoms with Gasteiger partial charge in [0, 0.05) is 17.4 Å². The van der Waals surface area contributed by atoms with Crippen molar-refractivity contribution in [2.24, 2.45) is 0 Å². The van der Waals surface area contributed by atoms with Crippen LogP contribution in [-0.4, -0.2) is 29.0 Å². The van der Waals surface area contributed by atoms with Crippen molar-refractivity contribution in [2.45, 2.75) is 18.9 Å². The number of rotatable bonds is 3. The molecule has 1 unspecified atom stereocenters. The summed E-state index contributed by atoms with van der Waals surface area (Å²) >= 11 is 3.21. The second-order valence-corrected chi connectivity index (χ2v) is 4.59. The minimum Gasteiger partial charge on any atom is -0.390 e. The zero-order chi connectivity index (χ0) is 11.5. The summed E-state index contributed by atoms with van der Waals surface area (Å²) in [7, 11) is 0. The Balaban J connectivity index is 2.26. The molecular weight excluding hydrogens is 270 g/mol. The first-order valence-corrected chi connectivity index (χ1v) is 6.47. The maximum absolute atomic E-state index is 11.8. The van der Waals surface area contributed by atoms with E-state index in [0.29, 0.717) is 18.3 Å². The van der Waals surface area contributed by atoms with E-state index in [4.69, 9.17) is 0 Å². The van der Waals surface area contributed by atoms with Gasteiger partial charge >= 0.3 is 0 Å². The Labute approximate surface area is 103 Å². The van der Waals surface area contributed by atoms with Gasteiger partial charge in [-0.25, -0.2) is 0 Å². The highest BCUT2D eigenvalue weighted by molar-refractivity contribution is 9.09. The van der Waals surface area contributed by atoms with Gasteiger partial charge in [0.1, 0.15) is 0 Å². The smallest absolute Gasteiger partial charge is 0.227 e. The molecule has 2 rings (SSSR count). The maximum Gasteiger partial charge on any atom is 0.227 e. The van der Waals surface area contributed by atoms with E-state index in [1.54, 1.807) is 4.90 Å². The lowest BCUT2D eigenvalue weighted by atomic mass is 10.0. The van der Waals surface area contributed by atoms with Crippen molar-refractivity contribution in [1.82, 2.24) is 0 Å². The van der Waals surface area contributed by atoms with Gasteiger partial charge in [-0.2, -0.15) is 0 Å². The van der Waals surface area contributed by atoms with Crippen LogP contribution in [0, 0.1) is 0 Å². The highest BCUT2D eigenvalue weighted by atomic mass is 79.9. The van der Waals surface area contributed by atoms with E-state index >= 15 is 0 Å². The molecule has 0 saturated heterocycles. The van der Waals surface area contributed by atoms with E-state index in [1.807, 2.05) is 24.3 Å². The number of aliphatic hydroxyl groups excluding tert-OH is 1. The lowest BCUT2D eigenvalue weighted by Crippen LogP contribution is -2.41. The van der Waals surface area contributed by atoms with Crippen LogP contribution in [0.1, 0.15) is 12.0 Å². The Hall–Kier alpha value is -0.870. The van der Waals surface area contributed by atoms with Gasteiger partial charge in [0.05, 0.1) is 12.6 Å². The second kappa shape index (κ2) is 4.97. The summed E-state index contributed by atoms with van der Waals surface area (Å²) in [5.41, 5.74) is 2.13. The lowest BCUT2D eigenvalue weighted by molar-refractivity contribution is -0.119. The molecule has 1 atom stereocenters. The van der Waals surface area contributed by atoms with Gasteiger partial charge in [0.15, 0.2) is 0 Å². The first-order valence-electron chi connectivity index (χ1n) is 5.34. The fourth-order valence-corrected chi connectivity index (χ4v) is 2.16. The third-order valence-corrected chi connectivity index (χ3v) is 3.51. The molecule has 1 heterocycles. The molecule has 0 radical (unpaired) electrons. The molecule has 16 heavy (non-hydrogen) atoms. The van der Waals surface area contributed by atoms with Crippen LogP contribution in [0.5, 0.6) is 0 Å². The van der Waals surface area contributed by atoms with Crippen LogP contribution in [-0.2, 0) is 11.2 Å². The van der Waals surface area contributed by atoms with Gasteiger partial charge in [-0.15, -0.1) is 0 Å². The number of β-amino-alcohol motifs (C(OH)–C–C–N with tert-alkyl or cyclic N) is 1. The molecule has 1 aromatic rings. The fourth-order valence-electron chi connectivity index (χ4n) is 1.96. The molecule has 0 bridgehead atoms. The van der Waals surface area contributed by atoms with Crippen LogP contribution < -0.4 is 4.90 Å². The highest BCUT2D eigenvalue weighted by Crippen LogP contribution is 2.27. The minimum atomic E-state index is -0.518. The van der Waals surface area contributed by atoms with E-state index in [1.165, 1.54) is 5.56 Å². The van der Waals surface area contributed by atoms with Gasteiger partial charge in [-0.1, -0.05) is 34.1 Å².